The Morgan fingerprint density at radius 3 is 2.71 bits per heavy atom. The summed E-state index contributed by atoms with van der Waals surface area (Å²) in [5.41, 5.74) is 9.23. The molecule has 5 nitrogen and oxygen atoms in total. The second-order valence-electron chi connectivity index (χ2n) is 5.16. The molecular formula is C16H17N3O2. The van der Waals surface area contributed by atoms with E-state index in [4.69, 9.17) is 5.73 Å². The zero-order valence-corrected chi connectivity index (χ0v) is 11.8. The Bertz CT molecular complexity index is 731. The molecule has 0 saturated heterocycles. The molecule has 2 aromatic rings. The van der Waals surface area contributed by atoms with Crippen molar-refractivity contribution in [3.8, 4) is 11.3 Å². The lowest BCUT2D eigenvalue weighted by molar-refractivity contribution is 0.0954. The number of hydrogen-bond acceptors (Lipinski definition) is 3. The zero-order valence-electron chi connectivity index (χ0n) is 11.8. The minimum absolute atomic E-state index is 0.190. The summed E-state index contributed by atoms with van der Waals surface area (Å²) in [5, 5.41) is 2.99. The number of rotatable bonds is 3. The third-order valence-electron chi connectivity index (χ3n) is 3.90. The fourth-order valence-electron chi connectivity index (χ4n) is 2.86. The van der Waals surface area contributed by atoms with Crippen LogP contribution >= 0.6 is 0 Å². The minimum Gasteiger partial charge on any atom is -0.387 e. The van der Waals surface area contributed by atoms with E-state index in [9.17, 15) is 9.59 Å². The lowest BCUT2D eigenvalue weighted by Crippen LogP contribution is -2.17. The van der Waals surface area contributed by atoms with Crippen molar-refractivity contribution >= 4 is 17.4 Å². The summed E-state index contributed by atoms with van der Waals surface area (Å²) in [6.07, 6.45) is 1.48. The lowest BCUT2D eigenvalue weighted by atomic mass is 10.1. The fraction of sp³-hybridized carbons (Fsp3) is 0.250. The highest BCUT2D eigenvalue weighted by molar-refractivity contribution is 6.00. The number of nitrogens with two attached hydrogens (primary N) is 1. The summed E-state index contributed by atoms with van der Waals surface area (Å²) < 4.78 is 2.05. The van der Waals surface area contributed by atoms with Gasteiger partial charge >= 0.3 is 0 Å². The van der Waals surface area contributed by atoms with Gasteiger partial charge in [-0.2, -0.15) is 0 Å². The van der Waals surface area contributed by atoms with Gasteiger partial charge in [-0.05, 0) is 30.7 Å². The van der Waals surface area contributed by atoms with Crippen LogP contribution in [-0.2, 0) is 6.54 Å². The van der Waals surface area contributed by atoms with E-state index < -0.39 is 5.91 Å². The molecule has 0 radical (unpaired) electrons. The number of nitrogens with zero attached hydrogens (tertiary/aromatic N) is 1. The van der Waals surface area contributed by atoms with Gasteiger partial charge in [0.25, 0.3) is 5.91 Å². The highest BCUT2D eigenvalue weighted by Gasteiger charge is 2.20. The van der Waals surface area contributed by atoms with Crippen LogP contribution in [0.4, 0.5) is 5.69 Å². The van der Waals surface area contributed by atoms with Gasteiger partial charge in [0.05, 0.1) is 11.3 Å². The summed E-state index contributed by atoms with van der Waals surface area (Å²) >= 11 is 0. The molecule has 1 aliphatic heterocycles. The summed E-state index contributed by atoms with van der Waals surface area (Å²) in [7, 11) is 1.75. The summed E-state index contributed by atoms with van der Waals surface area (Å²) in [6.45, 7) is 0.843. The smallest absolute Gasteiger partial charge is 0.250 e. The third-order valence-corrected chi connectivity index (χ3v) is 3.90. The van der Waals surface area contributed by atoms with E-state index >= 15 is 0 Å². The lowest BCUT2D eigenvalue weighted by Gasteiger charge is -2.18. The second kappa shape index (κ2) is 5.09. The number of anilines is 1. The Morgan fingerprint density at radius 1 is 1.24 bits per heavy atom. The van der Waals surface area contributed by atoms with Crippen molar-refractivity contribution in [1.82, 2.24) is 4.57 Å². The molecule has 1 aliphatic rings. The van der Waals surface area contributed by atoms with Gasteiger partial charge in [-0.3, -0.25) is 9.59 Å². The molecule has 0 saturated carbocycles. The zero-order chi connectivity index (χ0) is 15.0. The number of Topliss-reactive ketones (excluding diaryl/α,β-unsaturated/α-hetero) is 1. The standard InChI is InChI=1S/C16H17N3O2/c1-18-12-9-10(4-5-11(12)16(17)21)13-6-7-14-15(20)3-2-8-19(13)14/h4-7,9,18H,2-3,8H2,1H3,(H2,17,21). The predicted octanol–water partition coefficient (Wildman–Crippen LogP) is 2.27. The minimum atomic E-state index is -0.460. The van der Waals surface area contributed by atoms with Crippen molar-refractivity contribution in [2.75, 3.05) is 12.4 Å². The normalized spacial score (nSPS) is 13.9. The van der Waals surface area contributed by atoms with Crippen LogP contribution in [0.5, 0.6) is 0 Å². The average molecular weight is 283 g/mol. The molecule has 2 heterocycles. The van der Waals surface area contributed by atoms with Gasteiger partial charge in [0.15, 0.2) is 5.78 Å². The van der Waals surface area contributed by atoms with Crippen LogP contribution in [0.15, 0.2) is 30.3 Å². The maximum Gasteiger partial charge on any atom is 0.250 e. The molecule has 0 atom stereocenters. The maximum absolute atomic E-state index is 11.9. The quantitative estimate of drug-likeness (QED) is 0.907. The molecule has 108 valence electrons. The van der Waals surface area contributed by atoms with E-state index in [-0.39, 0.29) is 5.78 Å². The Labute approximate surface area is 122 Å². The molecule has 21 heavy (non-hydrogen) atoms. The molecule has 0 fully saturated rings. The number of amides is 1. The molecule has 5 heteroatoms. The number of carbonyl (C=O) groups excluding carboxylic acids is 2. The van der Waals surface area contributed by atoms with Crippen LogP contribution in [0.3, 0.4) is 0 Å². The van der Waals surface area contributed by atoms with Crippen molar-refractivity contribution < 1.29 is 9.59 Å². The van der Waals surface area contributed by atoms with Crippen LogP contribution in [-0.4, -0.2) is 23.3 Å². The van der Waals surface area contributed by atoms with Gasteiger partial charge in [0.1, 0.15) is 0 Å². The molecule has 0 bridgehead atoms. The molecule has 1 amide bonds. The molecule has 1 aromatic heterocycles. The first-order chi connectivity index (χ1) is 10.1. The van der Waals surface area contributed by atoms with E-state index in [0.717, 1.165) is 29.9 Å². The van der Waals surface area contributed by atoms with Crippen LogP contribution in [0.25, 0.3) is 11.3 Å². The van der Waals surface area contributed by atoms with Crippen LogP contribution < -0.4 is 11.1 Å². The molecule has 0 unspecified atom stereocenters. The van der Waals surface area contributed by atoms with E-state index in [1.54, 1.807) is 13.1 Å². The van der Waals surface area contributed by atoms with Gasteiger partial charge in [-0.1, -0.05) is 6.07 Å². The van der Waals surface area contributed by atoms with Crippen molar-refractivity contribution in [3.63, 3.8) is 0 Å². The number of nitrogens with one attached hydrogen (secondary N) is 1. The summed E-state index contributed by atoms with van der Waals surface area (Å²) in [4.78, 5) is 23.3. The molecule has 1 aromatic carbocycles. The predicted molar refractivity (Wildman–Crippen MR) is 81.5 cm³/mol. The maximum atomic E-state index is 11.9. The number of primary amides is 1. The second-order valence-corrected chi connectivity index (χ2v) is 5.16. The van der Waals surface area contributed by atoms with Gasteiger partial charge in [0.2, 0.25) is 0 Å². The number of ketones is 1. The number of fused-ring (bicyclic) bond motifs is 1. The van der Waals surface area contributed by atoms with Gasteiger partial charge in [0, 0.05) is 37.0 Å². The van der Waals surface area contributed by atoms with E-state index in [1.165, 1.54) is 0 Å². The molecular weight excluding hydrogens is 266 g/mol. The highest BCUT2D eigenvalue weighted by Crippen LogP contribution is 2.30. The number of carbonyl (C=O) groups is 2. The van der Waals surface area contributed by atoms with E-state index in [2.05, 4.69) is 5.32 Å². The first kappa shape index (κ1) is 13.4. The Morgan fingerprint density at radius 2 is 2.00 bits per heavy atom. The van der Waals surface area contributed by atoms with Gasteiger partial charge < -0.3 is 15.6 Å². The first-order valence-electron chi connectivity index (χ1n) is 6.96. The SMILES string of the molecule is CNc1cc(-c2ccc3n2CCCC3=O)ccc1C(N)=O. The monoisotopic (exact) mass is 283 g/mol. The van der Waals surface area contributed by atoms with Crippen molar-refractivity contribution in [2.24, 2.45) is 5.73 Å². The van der Waals surface area contributed by atoms with Crippen LogP contribution in [0.2, 0.25) is 0 Å². The van der Waals surface area contributed by atoms with Gasteiger partial charge in [-0.15, -0.1) is 0 Å². The van der Waals surface area contributed by atoms with Gasteiger partial charge in [-0.25, -0.2) is 0 Å². The Balaban J connectivity index is 2.09. The van der Waals surface area contributed by atoms with Crippen molar-refractivity contribution in [2.45, 2.75) is 19.4 Å². The Kier molecular flexibility index (Phi) is 3.25. The topological polar surface area (TPSA) is 77.1 Å². The third kappa shape index (κ3) is 2.20. The van der Waals surface area contributed by atoms with E-state index in [0.29, 0.717) is 17.7 Å². The van der Waals surface area contributed by atoms with Crippen molar-refractivity contribution in [3.05, 3.63) is 41.6 Å². The molecule has 3 rings (SSSR count). The molecule has 0 spiro atoms. The fourth-order valence-corrected chi connectivity index (χ4v) is 2.86. The van der Waals surface area contributed by atoms with Crippen LogP contribution in [0.1, 0.15) is 33.7 Å². The first-order valence-corrected chi connectivity index (χ1v) is 6.96. The summed E-state index contributed by atoms with van der Waals surface area (Å²) in [6, 6.07) is 9.30. The average Bonchev–Trinajstić information content (AvgIpc) is 2.92. The Hall–Kier alpha value is -2.56. The van der Waals surface area contributed by atoms with Crippen molar-refractivity contribution in [1.29, 1.82) is 0 Å². The number of hydrogen-bond donors (Lipinski definition) is 2. The van der Waals surface area contributed by atoms with Crippen LogP contribution in [0, 0.1) is 0 Å². The largest absolute Gasteiger partial charge is 0.387 e. The number of benzene rings is 1. The number of aromatic nitrogens is 1. The summed E-state index contributed by atoms with van der Waals surface area (Å²) in [5.74, 6) is -0.270. The highest BCUT2D eigenvalue weighted by atomic mass is 16.1. The molecule has 0 aliphatic carbocycles. The van der Waals surface area contributed by atoms with E-state index in [1.807, 2.05) is 28.8 Å². The molecule has 3 N–H and O–H groups in total.